The van der Waals surface area contributed by atoms with Gasteiger partial charge in [0.2, 0.25) is 0 Å². The molecule has 150 valence electrons. The maximum atomic E-state index is 2.47. The number of hydrogen-bond acceptors (Lipinski definition) is 0. The first-order valence-electron chi connectivity index (χ1n) is 11.5. The Morgan fingerprint density at radius 2 is 1.40 bits per heavy atom. The topological polar surface area (TPSA) is 0 Å². The molecule has 1 aliphatic carbocycles. The van der Waals surface area contributed by atoms with E-state index >= 15 is 0 Å². The van der Waals surface area contributed by atoms with Crippen LogP contribution in [-0.2, 0) is 0 Å². The van der Waals surface area contributed by atoms with Gasteiger partial charge in [-0.15, -0.1) is 0 Å². The molecule has 25 heavy (non-hydrogen) atoms. The summed E-state index contributed by atoms with van der Waals surface area (Å²) >= 11 is 0. The van der Waals surface area contributed by atoms with Crippen LogP contribution >= 0.6 is 0 Å². The number of unbranched alkanes of at least 4 members (excludes halogenated alkanes) is 4. The summed E-state index contributed by atoms with van der Waals surface area (Å²) in [6, 6.07) is 0. The maximum Gasteiger partial charge on any atom is -0.0314 e. The summed E-state index contributed by atoms with van der Waals surface area (Å²) in [4.78, 5) is 0. The van der Waals surface area contributed by atoms with E-state index in [9.17, 15) is 0 Å². The molecule has 1 saturated carbocycles. The third-order valence-electron chi connectivity index (χ3n) is 6.59. The first-order chi connectivity index (χ1) is 11.5. The smallest absolute Gasteiger partial charge is 0.0314 e. The summed E-state index contributed by atoms with van der Waals surface area (Å²) in [6.07, 6.45) is 16.2. The van der Waals surface area contributed by atoms with Crippen molar-refractivity contribution >= 4 is 0 Å². The van der Waals surface area contributed by atoms with Gasteiger partial charge in [0.15, 0.2) is 0 Å². The molecule has 0 aromatic heterocycles. The molecule has 0 nitrogen and oxygen atoms in total. The lowest BCUT2D eigenvalue weighted by Crippen LogP contribution is -2.35. The Morgan fingerprint density at radius 1 is 0.800 bits per heavy atom. The molecule has 1 rings (SSSR count). The van der Waals surface area contributed by atoms with Crippen LogP contribution in [-0.4, -0.2) is 0 Å². The van der Waals surface area contributed by atoms with Gasteiger partial charge in [-0.25, -0.2) is 0 Å². The van der Waals surface area contributed by atoms with Crippen molar-refractivity contribution in [1.29, 1.82) is 0 Å². The summed E-state index contributed by atoms with van der Waals surface area (Å²) in [6.45, 7) is 19.4. The van der Waals surface area contributed by atoms with Crippen LogP contribution in [0, 0.1) is 34.5 Å². The zero-order chi connectivity index (χ0) is 19.1. The summed E-state index contributed by atoms with van der Waals surface area (Å²) in [5.41, 5.74) is 0.991. The van der Waals surface area contributed by atoms with Gasteiger partial charge in [0.05, 0.1) is 0 Å². The fraction of sp³-hybridized carbons (Fsp3) is 1.00. The lowest BCUT2D eigenvalue weighted by atomic mass is 9.62. The number of hydrogen-bond donors (Lipinski definition) is 0. The van der Waals surface area contributed by atoms with Gasteiger partial charge in [-0.1, -0.05) is 113 Å². The Labute approximate surface area is 160 Å². The first-order valence-corrected chi connectivity index (χ1v) is 11.5. The van der Waals surface area contributed by atoms with Gasteiger partial charge < -0.3 is 0 Å². The van der Waals surface area contributed by atoms with Crippen LogP contribution in [0.15, 0.2) is 0 Å². The molecule has 0 N–H and O–H groups in total. The van der Waals surface area contributed by atoms with Crippen LogP contribution in [0.4, 0.5) is 0 Å². The van der Waals surface area contributed by atoms with Gasteiger partial charge in [-0.2, -0.15) is 0 Å². The molecule has 0 radical (unpaired) electrons. The predicted molar refractivity (Wildman–Crippen MR) is 115 cm³/mol. The zero-order valence-electron chi connectivity index (χ0n) is 19.1. The minimum Gasteiger partial charge on any atom is -0.0625 e. The fourth-order valence-corrected chi connectivity index (χ4v) is 5.79. The highest BCUT2D eigenvalue weighted by Crippen LogP contribution is 2.46. The van der Waals surface area contributed by atoms with Gasteiger partial charge in [0.25, 0.3) is 0 Å². The van der Waals surface area contributed by atoms with E-state index in [0.29, 0.717) is 10.8 Å². The van der Waals surface area contributed by atoms with Crippen molar-refractivity contribution in [2.45, 2.75) is 126 Å². The Kier molecular flexibility index (Phi) is 9.55. The Balaban J connectivity index is 2.27. The van der Waals surface area contributed by atoms with Crippen LogP contribution in [0.1, 0.15) is 126 Å². The Hall–Kier alpha value is 0. The molecule has 0 bridgehead atoms. The second-order valence-electron chi connectivity index (χ2n) is 11.8. The summed E-state index contributed by atoms with van der Waals surface area (Å²) in [7, 11) is 0. The molecule has 0 heterocycles. The molecule has 0 spiro atoms. The van der Waals surface area contributed by atoms with Crippen LogP contribution in [0.3, 0.4) is 0 Å². The molecule has 0 aliphatic heterocycles. The third kappa shape index (κ3) is 9.48. The standard InChI is InChI=1S/C25H50/c1-20(2)23(25(6,7)8)22-17-14-16-21(19-22)15-12-10-9-11-13-18-24(3,4)5/h20-23H,9-19H2,1-8H3. The van der Waals surface area contributed by atoms with Gasteiger partial charge in [-0.05, 0) is 47.3 Å². The molecule has 1 aliphatic rings. The van der Waals surface area contributed by atoms with E-state index in [1.807, 2.05) is 0 Å². The molecular weight excluding hydrogens is 300 g/mol. The first kappa shape index (κ1) is 23.0. The van der Waals surface area contributed by atoms with E-state index in [1.165, 1.54) is 70.6 Å². The van der Waals surface area contributed by atoms with Gasteiger partial charge in [-0.3, -0.25) is 0 Å². The van der Waals surface area contributed by atoms with Crippen molar-refractivity contribution in [3.63, 3.8) is 0 Å². The van der Waals surface area contributed by atoms with E-state index < -0.39 is 0 Å². The molecule has 0 aromatic carbocycles. The van der Waals surface area contributed by atoms with Gasteiger partial charge in [0.1, 0.15) is 0 Å². The van der Waals surface area contributed by atoms with E-state index in [-0.39, 0.29) is 0 Å². The maximum absolute atomic E-state index is 2.47. The van der Waals surface area contributed by atoms with Crippen molar-refractivity contribution in [2.24, 2.45) is 34.5 Å². The van der Waals surface area contributed by atoms with E-state index in [2.05, 4.69) is 55.4 Å². The second kappa shape index (κ2) is 10.4. The Morgan fingerprint density at radius 3 is 1.96 bits per heavy atom. The predicted octanol–water partition coefficient (Wildman–Crippen LogP) is 8.89. The minimum atomic E-state index is 0.466. The van der Waals surface area contributed by atoms with Crippen molar-refractivity contribution in [3.8, 4) is 0 Å². The third-order valence-corrected chi connectivity index (χ3v) is 6.59. The Bertz CT molecular complexity index is 338. The van der Waals surface area contributed by atoms with E-state index in [0.717, 1.165) is 23.7 Å². The zero-order valence-corrected chi connectivity index (χ0v) is 19.1. The highest BCUT2D eigenvalue weighted by molar-refractivity contribution is 4.86. The molecule has 3 atom stereocenters. The van der Waals surface area contributed by atoms with Crippen LogP contribution in [0.25, 0.3) is 0 Å². The van der Waals surface area contributed by atoms with E-state index in [1.54, 1.807) is 0 Å². The lowest BCUT2D eigenvalue weighted by Gasteiger charge is -2.43. The largest absolute Gasteiger partial charge is 0.0625 e. The monoisotopic (exact) mass is 350 g/mol. The second-order valence-corrected chi connectivity index (χ2v) is 11.8. The quantitative estimate of drug-likeness (QED) is 0.364. The van der Waals surface area contributed by atoms with Crippen molar-refractivity contribution < 1.29 is 0 Å². The fourth-order valence-electron chi connectivity index (χ4n) is 5.79. The summed E-state index contributed by atoms with van der Waals surface area (Å²) in [5.74, 6) is 3.72. The highest BCUT2D eigenvalue weighted by Gasteiger charge is 2.36. The van der Waals surface area contributed by atoms with E-state index in [4.69, 9.17) is 0 Å². The molecular formula is C25H50. The van der Waals surface area contributed by atoms with Crippen molar-refractivity contribution in [2.75, 3.05) is 0 Å². The van der Waals surface area contributed by atoms with Crippen molar-refractivity contribution in [1.82, 2.24) is 0 Å². The van der Waals surface area contributed by atoms with Crippen LogP contribution in [0.2, 0.25) is 0 Å². The SMILES string of the molecule is CC(C)C(C1CCCC(CCCCCCCC(C)(C)C)C1)C(C)(C)C. The summed E-state index contributed by atoms with van der Waals surface area (Å²) < 4.78 is 0. The summed E-state index contributed by atoms with van der Waals surface area (Å²) in [5, 5.41) is 0. The molecule has 0 amide bonds. The average molecular weight is 351 g/mol. The molecule has 0 heteroatoms. The highest BCUT2D eigenvalue weighted by atomic mass is 14.4. The average Bonchev–Trinajstić information content (AvgIpc) is 2.43. The van der Waals surface area contributed by atoms with Gasteiger partial charge >= 0.3 is 0 Å². The number of rotatable bonds is 9. The van der Waals surface area contributed by atoms with Gasteiger partial charge in [0, 0.05) is 0 Å². The van der Waals surface area contributed by atoms with Crippen molar-refractivity contribution in [3.05, 3.63) is 0 Å². The lowest BCUT2D eigenvalue weighted by molar-refractivity contribution is 0.0618. The van der Waals surface area contributed by atoms with Crippen LogP contribution in [0.5, 0.6) is 0 Å². The molecule has 0 saturated heterocycles. The minimum absolute atomic E-state index is 0.466. The van der Waals surface area contributed by atoms with Crippen LogP contribution < -0.4 is 0 Å². The normalized spacial score (nSPS) is 23.9. The molecule has 0 aromatic rings. The molecule has 3 unspecified atom stereocenters. The molecule has 1 fully saturated rings.